The Balaban J connectivity index is 3.54. The molecule has 0 aliphatic rings. The molecule has 0 bridgehead atoms. The zero-order valence-electron chi connectivity index (χ0n) is 12.8. The number of hydrogen-bond donors (Lipinski definition) is 1. The van der Waals surface area contributed by atoms with Gasteiger partial charge in [0.2, 0.25) is 0 Å². The number of hydrogen-bond acceptors (Lipinski definition) is 2. The maximum absolute atomic E-state index is 11.7. The highest BCUT2D eigenvalue weighted by Crippen LogP contribution is 2.17. The van der Waals surface area contributed by atoms with Crippen molar-refractivity contribution in [2.24, 2.45) is 5.92 Å². The van der Waals surface area contributed by atoms with E-state index in [4.69, 9.17) is 11.6 Å². The predicted molar refractivity (Wildman–Crippen MR) is 82.7 cm³/mol. The van der Waals surface area contributed by atoms with Crippen LogP contribution in [0.2, 0.25) is 0 Å². The first-order chi connectivity index (χ1) is 8.99. The number of aliphatic hydroxyl groups is 1. The lowest BCUT2D eigenvalue weighted by molar-refractivity contribution is -0.121. The van der Waals surface area contributed by atoms with Crippen LogP contribution >= 0.6 is 11.6 Å². The van der Waals surface area contributed by atoms with Crippen molar-refractivity contribution in [3.63, 3.8) is 0 Å². The van der Waals surface area contributed by atoms with E-state index in [1.807, 2.05) is 13.8 Å². The maximum atomic E-state index is 11.7. The Morgan fingerprint density at radius 2 is 1.58 bits per heavy atom. The van der Waals surface area contributed by atoms with Crippen LogP contribution in [0.4, 0.5) is 0 Å². The van der Waals surface area contributed by atoms with Crippen LogP contribution in [0, 0.1) is 5.92 Å². The van der Waals surface area contributed by atoms with E-state index in [1.165, 1.54) is 32.1 Å². The van der Waals surface area contributed by atoms with Crippen LogP contribution in [0.3, 0.4) is 0 Å². The van der Waals surface area contributed by atoms with E-state index in [0.717, 1.165) is 12.8 Å². The van der Waals surface area contributed by atoms with Gasteiger partial charge in [0.05, 0.1) is 11.5 Å². The molecule has 0 saturated carbocycles. The van der Waals surface area contributed by atoms with E-state index in [1.54, 1.807) is 0 Å². The van der Waals surface area contributed by atoms with Gasteiger partial charge in [0.1, 0.15) is 5.78 Å². The number of unbranched alkanes of at least 4 members (excludes halogenated alkanes) is 6. The average molecular weight is 291 g/mol. The van der Waals surface area contributed by atoms with Crippen LogP contribution in [0.1, 0.15) is 78.6 Å². The van der Waals surface area contributed by atoms with Gasteiger partial charge in [-0.15, -0.1) is 11.6 Å². The van der Waals surface area contributed by atoms with Crippen LogP contribution in [-0.4, -0.2) is 22.4 Å². The molecule has 0 unspecified atom stereocenters. The number of Topliss-reactive ketones (excluding diaryl/α,β-unsaturated/α-hetero) is 1. The van der Waals surface area contributed by atoms with E-state index < -0.39 is 6.10 Å². The van der Waals surface area contributed by atoms with Gasteiger partial charge in [0.15, 0.2) is 0 Å². The van der Waals surface area contributed by atoms with Crippen molar-refractivity contribution in [1.82, 2.24) is 0 Å². The smallest absolute Gasteiger partial charge is 0.135 e. The lowest BCUT2D eigenvalue weighted by Crippen LogP contribution is -2.28. The van der Waals surface area contributed by atoms with Crippen molar-refractivity contribution < 1.29 is 9.90 Å². The minimum absolute atomic E-state index is 0.146. The summed E-state index contributed by atoms with van der Waals surface area (Å²) in [7, 11) is 0. The Labute approximate surface area is 123 Å². The first kappa shape index (κ1) is 18.9. The molecule has 0 amide bonds. The summed E-state index contributed by atoms with van der Waals surface area (Å²) in [5.41, 5.74) is 0. The third-order valence-corrected chi connectivity index (χ3v) is 4.30. The number of alkyl halides is 1. The fourth-order valence-electron chi connectivity index (χ4n) is 2.17. The van der Waals surface area contributed by atoms with Gasteiger partial charge in [-0.2, -0.15) is 0 Å². The number of ketones is 1. The molecule has 0 saturated heterocycles. The molecule has 0 aromatic heterocycles. The monoisotopic (exact) mass is 290 g/mol. The molecule has 0 radical (unpaired) electrons. The Morgan fingerprint density at radius 1 is 1.05 bits per heavy atom. The molecule has 0 heterocycles. The van der Waals surface area contributed by atoms with Crippen molar-refractivity contribution in [2.45, 2.75) is 90.0 Å². The van der Waals surface area contributed by atoms with Crippen LogP contribution in [0.15, 0.2) is 0 Å². The van der Waals surface area contributed by atoms with E-state index in [2.05, 4.69) is 6.92 Å². The minimum Gasteiger partial charge on any atom is -0.391 e. The second-order valence-electron chi connectivity index (χ2n) is 5.87. The molecule has 0 rings (SSSR count). The molecule has 0 aromatic carbocycles. The summed E-state index contributed by atoms with van der Waals surface area (Å²) in [6.45, 7) is 6.13. The molecule has 2 nitrogen and oxygen atoms in total. The molecule has 0 spiro atoms. The maximum Gasteiger partial charge on any atom is 0.135 e. The van der Waals surface area contributed by atoms with Crippen molar-refractivity contribution in [2.75, 3.05) is 0 Å². The van der Waals surface area contributed by atoms with Gasteiger partial charge >= 0.3 is 0 Å². The van der Waals surface area contributed by atoms with Crippen molar-refractivity contribution >= 4 is 17.4 Å². The van der Waals surface area contributed by atoms with Gasteiger partial charge < -0.3 is 5.11 Å². The second-order valence-corrected chi connectivity index (χ2v) is 6.37. The van der Waals surface area contributed by atoms with Crippen LogP contribution in [0.25, 0.3) is 0 Å². The Kier molecular flexibility index (Phi) is 11.7. The summed E-state index contributed by atoms with van der Waals surface area (Å²) in [4.78, 5) is 11.7. The fraction of sp³-hybridized carbons (Fsp3) is 0.938. The van der Waals surface area contributed by atoms with Crippen LogP contribution in [0.5, 0.6) is 0 Å². The van der Waals surface area contributed by atoms with E-state index in [0.29, 0.717) is 6.42 Å². The zero-order chi connectivity index (χ0) is 14.7. The lowest BCUT2D eigenvalue weighted by Gasteiger charge is -2.19. The predicted octanol–water partition coefficient (Wildman–Crippen LogP) is 4.71. The summed E-state index contributed by atoms with van der Waals surface area (Å²) in [5, 5.41) is 9.48. The Bertz CT molecular complexity index is 229. The molecule has 0 fully saturated rings. The van der Waals surface area contributed by atoms with Gasteiger partial charge in [-0.25, -0.2) is 0 Å². The quantitative estimate of drug-likeness (QED) is 0.417. The van der Waals surface area contributed by atoms with Crippen molar-refractivity contribution in [1.29, 1.82) is 0 Å². The Hall–Kier alpha value is -0.0800. The van der Waals surface area contributed by atoms with Crippen molar-refractivity contribution in [3.8, 4) is 0 Å². The first-order valence-corrected chi connectivity index (χ1v) is 8.26. The Morgan fingerprint density at radius 3 is 2.11 bits per heavy atom. The molecule has 1 N–H and O–H groups in total. The third kappa shape index (κ3) is 10.4. The molecule has 0 aromatic rings. The van der Waals surface area contributed by atoms with Crippen LogP contribution < -0.4 is 0 Å². The third-order valence-electron chi connectivity index (χ3n) is 3.50. The number of rotatable bonds is 12. The van der Waals surface area contributed by atoms with E-state index in [9.17, 15) is 9.90 Å². The lowest BCUT2D eigenvalue weighted by atomic mass is 9.98. The summed E-state index contributed by atoms with van der Waals surface area (Å²) >= 11 is 6.04. The van der Waals surface area contributed by atoms with Gasteiger partial charge in [-0.1, -0.05) is 59.3 Å². The molecule has 19 heavy (non-hydrogen) atoms. The summed E-state index contributed by atoms with van der Waals surface area (Å²) in [6.07, 6.45) is 8.58. The molecule has 3 heteroatoms. The second kappa shape index (κ2) is 11.7. The van der Waals surface area contributed by atoms with Crippen LogP contribution in [-0.2, 0) is 4.79 Å². The number of aliphatic hydroxyl groups excluding tert-OH is 1. The molecule has 0 aliphatic carbocycles. The average Bonchev–Trinajstić information content (AvgIpc) is 2.36. The highest BCUT2D eigenvalue weighted by molar-refractivity contribution is 6.21. The highest BCUT2D eigenvalue weighted by Gasteiger charge is 2.22. The topological polar surface area (TPSA) is 37.3 Å². The summed E-state index contributed by atoms with van der Waals surface area (Å²) in [5.74, 6) is 0.343. The normalized spacial score (nSPS) is 14.6. The van der Waals surface area contributed by atoms with E-state index >= 15 is 0 Å². The van der Waals surface area contributed by atoms with Gasteiger partial charge in [-0.3, -0.25) is 4.79 Å². The number of halogens is 1. The molecular weight excluding hydrogens is 260 g/mol. The largest absolute Gasteiger partial charge is 0.391 e. The first-order valence-electron chi connectivity index (χ1n) is 7.82. The zero-order valence-corrected chi connectivity index (χ0v) is 13.6. The highest BCUT2D eigenvalue weighted by atomic mass is 35.5. The van der Waals surface area contributed by atoms with Gasteiger partial charge in [0, 0.05) is 12.8 Å². The summed E-state index contributed by atoms with van der Waals surface area (Å²) < 4.78 is 0. The molecule has 114 valence electrons. The fourth-order valence-corrected chi connectivity index (χ4v) is 2.26. The van der Waals surface area contributed by atoms with E-state index in [-0.39, 0.29) is 23.5 Å². The SMILES string of the molecule is CCCCCCCCCC(=O)C[C@@H](O)[C@@H](Cl)C(C)C. The molecule has 2 atom stereocenters. The molecular formula is C16H31ClO2. The number of carbonyl (C=O) groups is 1. The number of carbonyl (C=O) groups excluding carboxylic acids is 1. The standard InChI is InChI=1S/C16H31ClO2/c1-4-5-6-7-8-9-10-11-14(18)12-15(19)16(17)13(2)3/h13,15-16,19H,4-12H2,1-3H3/t15-,16+/m1/s1. The van der Waals surface area contributed by atoms with Gasteiger partial charge in [-0.05, 0) is 12.3 Å². The minimum atomic E-state index is -0.696. The van der Waals surface area contributed by atoms with Gasteiger partial charge in [0.25, 0.3) is 0 Å². The molecule has 0 aliphatic heterocycles. The summed E-state index contributed by atoms with van der Waals surface area (Å²) in [6, 6.07) is 0. The van der Waals surface area contributed by atoms with Crippen molar-refractivity contribution in [3.05, 3.63) is 0 Å².